The summed E-state index contributed by atoms with van der Waals surface area (Å²) in [4.78, 5) is 21.9. The van der Waals surface area contributed by atoms with Crippen molar-refractivity contribution in [1.82, 2.24) is 0 Å². The Bertz CT molecular complexity index is 486. The molecule has 0 unspecified atom stereocenters. The summed E-state index contributed by atoms with van der Waals surface area (Å²) < 4.78 is 0. The third kappa shape index (κ3) is 4.58. The maximum Gasteiger partial charge on any atom is 0.332 e. The van der Waals surface area contributed by atoms with Gasteiger partial charge in [-0.15, -0.1) is 0 Å². The zero-order chi connectivity index (χ0) is 14.5. The van der Waals surface area contributed by atoms with Gasteiger partial charge in [0.05, 0.1) is 0 Å². The maximum absolute atomic E-state index is 11.2. The highest BCUT2D eigenvalue weighted by molar-refractivity contribution is 5.95. The second kappa shape index (κ2) is 6.18. The van der Waals surface area contributed by atoms with Crippen molar-refractivity contribution in [2.75, 3.05) is 0 Å². The van der Waals surface area contributed by atoms with E-state index in [-0.39, 0.29) is 5.57 Å². The molecule has 0 saturated heterocycles. The molecule has 2 N–H and O–H groups in total. The van der Waals surface area contributed by atoms with Crippen molar-refractivity contribution in [2.24, 2.45) is 5.41 Å². The highest BCUT2D eigenvalue weighted by atomic mass is 16.4. The first-order valence-electron chi connectivity index (χ1n) is 6.05. The van der Waals surface area contributed by atoms with Crippen molar-refractivity contribution >= 4 is 11.9 Å². The standard InChI is InChI=1S/C15H18O4/c1-15(2,12(14(18)19)10-13(16)17)9-8-11-6-4-3-5-7-11/h3-7,10H,8-9H2,1-2H3,(H,16,17)(H,18,19)/b12-10+. The van der Waals surface area contributed by atoms with Gasteiger partial charge in [0.15, 0.2) is 0 Å². The van der Waals surface area contributed by atoms with Gasteiger partial charge in [0.1, 0.15) is 0 Å². The molecule has 0 radical (unpaired) electrons. The monoisotopic (exact) mass is 262 g/mol. The maximum atomic E-state index is 11.2. The number of rotatable bonds is 6. The molecule has 1 rings (SSSR count). The van der Waals surface area contributed by atoms with Gasteiger partial charge in [0, 0.05) is 11.6 Å². The SMILES string of the molecule is CC(C)(CCc1ccccc1)/C(=C/C(=O)O)C(=O)O. The Morgan fingerprint density at radius 3 is 2.21 bits per heavy atom. The number of carboxylic acid groups (broad SMARTS) is 2. The summed E-state index contributed by atoms with van der Waals surface area (Å²) in [5.41, 5.74) is 0.339. The van der Waals surface area contributed by atoms with Crippen molar-refractivity contribution in [2.45, 2.75) is 26.7 Å². The number of aryl methyl sites for hydroxylation is 1. The van der Waals surface area contributed by atoms with E-state index in [0.717, 1.165) is 11.6 Å². The molecular weight excluding hydrogens is 244 g/mol. The number of carboxylic acids is 2. The first kappa shape index (κ1) is 15.0. The lowest BCUT2D eigenvalue weighted by molar-refractivity contribution is -0.136. The molecule has 4 heteroatoms. The summed E-state index contributed by atoms with van der Waals surface area (Å²) in [6, 6.07) is 9.71. The third-order valence-corrected chi connectivity index (χ3v) is 3.11. The van der Waals surface area contributed by atoms with Gasteiger partial charge in [-0.25, -0.2) is 9.59 Å². The summed E-state index contributed by atoms with van der Waals surface area (Å²) in [5, 5.41) is 17.9. The molecule has 0 fully saturated rings. The summed E-state index contributed by atoms with van der Waals surface area (Å²) >= 11 is 0. The van der Waals surface area contributed by atoms with Crippen LogP contribution in [0, 0.1) is 5.41 Å². The molecule has 0 aliphatic carbocycles. The van der Waals surface area contributed by atoms with E-state index < -0.39 is 17.4 Å². The van der Waals surface area contributed by atoms with Gasteiger partial charge in [-0.3, -0.25) is 0 Å². The average Bonchev–Trinajstić information content (AvgIpc) is 2.34. The summed E-state index contributed by atoms with van der Waals surface area (Å²) in [5.74, 6) is -2.41. The molecule has 0 aliphatic heterocycles. The van der Waals surface area contributed by atoms with Gasteiger partial charge in [-0.05, 0) is 23.8 Å². The highest BCUT2D eigenvalue weighted by Gasteiger charge is 2.29. The Balaban J connectivity index is 2.84. The van der Waals surface area contributed by atoms with Crippen molar-refractivity contribution in [1.29, 1.82) is 0 Å². The molecule has 0 spiro atoms. The molecule has 0 saturated carbocycles. The van der Waals surface area contributed by atoms with Crippen molar-refractivity contribution in [3.63, 3.8) is 0 Å². The second-order valence-corrected chi connectivity index (χ2v) is 5.07. The molecule has 0 amide bonds. The highest BCUT2D eigenvalue weighted by Crippen LogP contribution is 2.32. The fraction of sp³-hybridized carbons (Fsp3) is 0.333. The minimum absolute atomic E-state index is 0.0732. The van der Waals surface area contributed by atoms with Gasteiger partial charge in [0.25, 0.3) is 0 Å². The van der Waals surface area contributed by atoms with Gasteiger partial charge in [-0.1, -0.05) is 44.2 Å². The van der Waals surface area contributed by atoms with E-state index >= 15 is 0 Å². The van der Waals surface area contributed by atoms with Crippen molar-refractivity contribution < 1.29 is 19.8 Å². The second-order valence-electron chi connectivity index (χ2n) is 5.07. The molecule has 0 aliphatic rings. The predicted molar refractivity (Wildman–Crippen MR) is 71.9 cm³/mol. The van der Waals surface area contributed by atoms with E-state index in [9.17, 15) is 9.59 Å². The first-order valence-corrected chi connectivity index (χ1v) is 6.05. The van der Waals surface area contributed by atoms with Gasteiger partial charge < -0.3 is 10.2 Å². The van der Waals surface area contributed by atoms with E-state index in [0.29, 0.717) is 12.8 Å². The smallest absolute Gasteiger partial charge is 0.332 e. The lowest BCUT2D eigenvalue weighted by Gasteiger charge is -2.25. The van der Waals surface area contributed by atoms with Crippen molar-refractivity contribution in [3.8, 4) is 0 Å². The molecule has 102 valence electrons. The topological polar surface area (TPSA) is 74.6 Å². The molecule has 1 aromatic carbocycles. The number of carbonyl (C=O) groups is 2. The lowest BCUT2D eigenvalue weighted by Crippen LogP contribution is -2.23. The average molecular weight is 262 g/mol. The fourth-order valence-electron chi connectivity index (χ4n) is 1.91. The van der Waals surface area contributed by atoms with Crippen LogP contribution < -0.4 is 0 Å². The summed E-state index contributed by atoms with van der Waals surface area (Å²) in [7, 11) is 0. The Hall–Kier alpha value is -2.10. The van der Waals surface area contributed by atoms with Crippen LogP contribution in [0.4, 0.5) is 0 Å². The Morgan fingerprint density at radius 1 is 1.16 bits per heavy atom. The van der Waals surface area contributed by atoms with Crippen LogP contribution in [0.1, 0.15) is 25.8 Å². The van der Waals surface area contributed by atoms with Crippen LogP contribution in [-0.4, -0.2) is 22.2 Å². The van der Waals surface area contributed by atoms with Crippen LogP contribution in [0.3, 0.4) is 0 Å². The number of benzene rings is 1. The molecule has 19 heavy (non-hydrogen) atoms. The quantitative estimate of drug-likeness (QED) is 0.773. The molecule has 0 heterocycles. The normalized spacial score (nSPS) is 12.2. The Labute approximate surface area is 112 Å². The zero-order valence-corrected chi connectivity index (χ0v) is 11.1. The molecular formula is C15H18O4. The van der Waals surface area contributed by atoms with E-state index in [1.165, 1.54) is 0 Å². The van der Waals surface area contributed by atoms with Crippen LogP contribution in [0.2, 0.25) is 0 Å². The van der Waals surface area contributed by atoms with Crippen LogP contribution in [-0.2, 0) is 16.0 Å². The predicted octanol–water partition coefficient (Wildman–Crippen LogP) is 2.74. The summed E-state index contributed by atoms with van der Waals surface area (Å²) in [6.07, 6.45) is 2.06. The van der Waals surface area contributed by atoms with E-state index in [4.69, 9.17) is 10.2 Å². The van der Waals surface area contributed by atoms with Crippen LogP contribution >= 0.6 is 0 Å². The van der Waals surface area contributed by atoms with E-state index in [1.807, 2.05) is 30.3 Å². The lowest BCUT2D eigenvalue weighted by atomic mass is 9.79. The Kier molecular flexibility index (Phi) is 4.87. The van der Waals surface area contributed by atoms with E-state index in [1.54, 1.807) is 13.8 Å². The molecule has 4 nitrogen and oxygen atoms in total. The minimum Gasteiger partial charge on any atom is -0.478 e. The number of hydrogen-bond donors (Lipinski definition) is 2. The largest absolute Gasteiger partial charge is 0.478 e. The molecule has 0 aromatic heterocycles. The van der Waals surface area contributed by atoms with Crippen LogP contribution in [0.25, 0.3) is 0 Å². The number of hydrogen-bond acceptors (Lipinski definition) is 2. The molecule has 1 aromatic rings. The van der Waals surface area contributed by atoms with Gasteiger partial charge in [-0.2, -0.15) is 0 Å². The Morgan fingerprint density at radius 2 is 1.74 bits per heavy atom. The van der Waals surface area contributed by atoms with Gasteiger partial charge in [0.2, 0.25) is 0 Å². The number of aliphatic carboxylic acids is 2. The van der Waals surface area contributed by atoms with Gasteiger partial charge >= 0.3 is 11.9 Å². The third-order valence-electron chi connectivity index (χ3n) is 3.11. The van der Waals surface area contributed by atoms with Crippen LogP contribution in [0.5, 0.6) is 0 Å². The first-order chi connectivity index (χ1) is 8.83. The zero-order valence-electron chi connectivity index (χ0n) is 11.1. The van der Waals surface area contributed by atoms with Crippen molar-refractivity contribution in [3.05, 3.63) is 47.5 Å². The molecule has 0 bridgehead atoms. The minimum atomic E-state index is -1.23. The fourth-order valence-corrected chi connectivity index (χ4v) is 1.91. The van der Waals surface area contributed by atoms with Crippen LogP contribution in [0.15, 0.2) is 42.0 Å². The van der Waals surface area contributed by atoms with E-state index in [2.05, 4.69) is 0 Å². The summed E-state index contributed by atoms with van der Waals surface area (Å²) in [6.45, 7) is 3.50. The molecule has 0 atom stereocenters.